The smallest absolute Gasteiger partial charge is 0.163 e. The lowest BCUT2D eigenvalue weighted by molar-refractivity contribution is -0.920. The third-order valence-corrected chi connectivity index (χ3v) is 4.63. The van der Waals surface area contributed by atoms with Crippen molar-refractivity contribution in [1.29, 1.82) is 0 Å². The molecule has 19 heavy (non-hydrogen) atoms. The number of piperidine rings is 1. The Kier molecular flexibility index (Phi) is 4.64. The van der Waals surface area contributed by atoms with Crippen LogP contribution in [-0.4, -0.2) is 36.9 Å². The lowest BCUT2D eigenvalue weighted by Crippen LogP contribution is -2.51. The van der Waals surface area contributed by atoms with Crippen molar-refractivity contribution in [2.24, 2.45) is 0 Å². The van der Waals surface area contributed by atoms with E-state index in [1.807, 2.05) is 12.1 Å². The molecule has 0 amide bonds. The zero-order valence-electron chi connectivity index (χ0n) is 11.9. The van der Waals surface area contributed by atoms with Crippen LogP contribution in [0, 0.1) is 0 Å². The van der Waals surface area contributed by atoms with Crippen LogP contribution in [-0.2, 0) is 0 Å². The van der Waals surface area contributed by atoms with Gasteiger partial charge in [-0.2, -0.15) is 0 Å². The van der Waals surface area contributed by atoms with Gasteiger partial charge in [0, 0.05) is 23.4 Å². The Morgan fingerprint density at radius 1 is 1.26 bits per heavy atom. The van der Waals surface area contributed by atoms with E-state index in [0.29, 0.717) is 17.5 Å². The molecule has 0 aromatic heterocycles. The minimum Gasteiger partial charge on any atom is -0.326 e. The second kappa shape index (κ2) is 6.06. The molecule has 1 unspecified atom stereocenters. The zero-order chi connectivity index (χ0) is 13.9. The molecular weight excluding hydrogens is 258 g/mol. The van der Waals surface area contributed by atoms with Crippen LogP contribution in [0.1, 0.15) is 42.5 Å². The molecule has 1 aromatic carbocycles. The third kappa shape index (κ3) is 3.80. The van der Waals surface area contributed by atoms with Crippen molar-refractivity contribution in [2.75, 3.05) is 20.6 Å². The number of hydrogen-bond acceptors (Lipinski definition) is 1. The minimum atomic E-state index is 0.238. The summed E-state index contributed by atoms with van der Waals surface area (Å²) >= 11 is 5.84. The fourth-order valence-corrected chi connectivity index (χ4v) is 3.13. The topological polar surface area (TPSA) is 17.1 Å². The first kappa shape index (κ1) is 14.5. The molecule has 1 fully saturated rings. The summed E-state index contributed by atoms with van der Waals surface area (Å²) in [5, 5.41) is 0.682. The molecule has 104 valence electrons. The highest BCUT2D eigenvalue weighted by molar-refractivity contribution is 6.30. The lowest BCUT2D eigenvalue weighted by atomic mass is 9.94. The van der Waals surface area contributed by atoms with E-state index in [0.717, 1.165) is 16.5 Å². The third-order valence-electron chi connectivity index (χ3n) is 4.38. The summed E-state index contributed by atoms with van der Waals surface area (Å²) < 4.78 is 1.06. The molecule has 2 nitrogen and oxygen atoms in total. The van der Waals surface area contributed by atoms with Crippen molar-refractivity contribution in [1.82, 2.24) is 0 Å². The number of Topliss-reactive ketones (excluding diaryl/α,β-unsaturated/α-hetero) is 1. The van der Waals surface area contributed by atoms with Crippen molar-refractivity contribution < 1.29 is 9.28 Å². The van der Waals surface area contributed by atoms with Gasteiger partial charge in [-0.15, -0.1) is 0 Å². The van der Waals surface area contributed by atoms with Crippen LogP contribution in [0.3, 0.4) is 0 Å². The van der Waals surface area contributed by atoms with Gasteiger partial charge in [0.1, 0.15) is 0 Å². The van der Waals surface area contributed by atoms with E-state index >= 15 is 0 Å². The Labute approximate surface area is 121 Å². The monoisotopic (exact) mass is 280 g/mol. The first-order valence-electron chi connectivity index (χ1n) is 7.10. The molecular formula is C16H23ClNO+. The first-order valence-corrected chi connectivity index (χ1v) is 7.48. The van der Waals surface area contributed by atoms with Gasteiger partial charge in [0.2, 0.25) is 0 Å². The Morgan fingerprint density at radius 3 is 2.58 bits per heavy atom. The molecule has 1 atom stereocenters. The molecule has 1 heterocycles. The minimum absolute atomic E-state index is 0.238. The maximum atomic E-state index is 12.2. The molecule has 0 aliphatic carbocycles. The van der Waals surface area contributed by atoms with Crippen LogP contribution in [0.5, 0.6) is 0 Å². The largest absolute Gasteiger partial charge is 0.326 e. The van der Waals surface area contributed by atoms with Crippen molar-refractivity contribution in [3.05, 3.63) is 34.9 Å². The standard InChI is InChI=1S/C16H23ClNO/c1-18(2)12-4-3-5-15(18)10-11-16(19)13-6-8-14(17)9-7-13/h6-9,15H,3-5,10-12H2,1-2H3/q+1. The highest BCUT2D eigenvalue weighted by atomic mass is 35.5. The number of likely N-dealkylation sites (tertiary alicyclic amines) is 1. The Hall–Kier alpha value is -0.860. The van der Waals surface area contributed by atoms with Crippen LogP contribution in [0.2, 0.25) is 5.02 Å². The van der Waals surface area contributed by atoms with Crippen molar-refractivity contribution in [2.45, 2.75) is 38.1 Å². The van der Waals surface area contributed by atoms with E-state index in [1.165, 1.54) is 25.8 Å². The number of nitrogens with zero attached hydrogens (tertiary/aromatic N) is 1. The van der Waals surface area contributed by atoms with Gasteiger partial charge in [-0.25, -0.2) is 0 Å². The van der Waals surface area contributed by atoms with Crippen LogP contribution >= 0.6 is 11.6 Å². The predicted molar refractivity (Wildman–Crippen MR) is 79.6 cm³/mol. The summed E-state index contributed by atoms with van der Waals surface area (Å²) in [6.45, 7) is 1.24. The number of rotatable bonds is 4. The number of benzene rings is 1. The van der Waals surface area contributed by atoms with Gasteiger partial charge in [-0.05, 0) is 43.5 Å². The van der Waals surface area contributed by atoms with E-state index < -0.39 is 0 Å². The van der Waals surface area contributed by atoms with Gasteiger partial charge in [-0.1, -0.05) is 11.6 Å². The van der Waals surface area contributed by atoms with Gasteiger partial charge in [-0.3, -0.25) is 4.79 Å². The fourth-order valence-electron chi connectivity index (χ4n) is 3.00. The number of carbonyl (C=O) groups is 1. The summed E-state index contributed by atoms with van der Waals surface area (Å²) in [6.07, 6.45) is 5.51. The molecule has 1 aromatic rings. The molecule has 0 radical (unpaired) electrons. The Balaban J connectivity index is 1.91. The molecule has 3 heteroatoms. The molecule has 0 N–H and O–H groups in total. The molecule has 0 bridgehead atoms. The van der Waals surface area contributed by atoms with E-state index in [4.69, 9.17) is 11.6 Å². The second-order valence-electron chi connectivity index (χ2n) is 6.12. The molecule has 0 saturated carbocycles. The molecule has 1 saturated heterocycles. The van der Waals surface area contributed by atoms with E-state index in [1.54, 1.807) is 12.1 Å². The van der Waals surface area contributed by atoms with Gasteiger partial charge in [0.15, 0.2) is 5.78 Å². The Morgan fingerprint density at radius 2 is 1.95 bits per heavy atom. The average molecular weight is 281 g/mol. The summed E-state index contributed by atoms with van der Waals surface area (Å²) in [6, 6.07) is 7.85. The second-order valence-corrected chi connectivity index (χ2v) is 6.56. The number of halogens is 1. The first-order chi connectivity index (χ1) is 8.99. The van der Waals surface area contributed by atoms with Gasteiger partial charge in [0.25, 0.3) is 0 Å². The fraction of sp³-hybridized carbons (Fsp3) is 0.562. The highest BCUT2D eigenvalue weighted by Crippen LogP contribution is 2.25. The average Bonchev–Trinajstić information content (AvgIpc) is 2.37. The summed E-state index contributed by atoms with van der Waals surface area (Å²) in [5.41, 5.74) is 0.783. The number of carbonyl (C=O) groups excluding carboxylic acids is 1. The van der Waals surface area contributed by atoms with Crippen LogP contribution in [0.15, 0.2) is 24.3 Å². The quantitative estimate of drug-likeness (QED) is 0.603. The van der Waals surface area contributed by atoms with Crippen molar-refractivity contribution in [3.63, 3.8) is 0 Å². The number of ketones is 1. The van der Waals surface area contributed by atoms with Crippen LogP contribution in [0.4, 0.5) is 0 Å². The van der Waals surface area contributed by atoms with Gasteiger partial charge in [0.05, 0.1) is 26.7 Å². The summed E-state index contributed by atoms with van der Waals surface area (Å²) in [5.74, 6) is 0.238. The summed E-state index contributed by atoms with van der Waals surface area (Å²) in [4.78, 5) is 12.2. The van der Waals surface area contributed by atoms with E-state index in [2.05, 4.69) is 14.1 Å². The van der Waals surface area contributed by atoms with Crippen molar-refractivity contribution >= 4 is 17.4 Å². The molecule has 0 spiro atoms. The Bertz CT molecular complexity index is 439. The predicted octanol–water partition coefficient (Wildman–Crippen LogP) is 3.93. The summed E-state index contributed by atoms with van der Waals surface area (Å²) in [7, 11) is 4.58. The van der Waals surface area contributed by atoms with Crippen molar-refractivity contribution in [3.8, 4) is 0 Å². The normalized spacial score (nSPS) is 22.2. The van der Waals surface area contributed by atoms with E-state index in [-0.39, 0.29) is 5.78 Å². The molecule has 2 rings (SSSR count). The van der Waals surface area contributed by atoms with Gasteiger partial charge < -0.3 is 4.48 Å². The number of quaternary nitrogens is 1. The lowest BCUT2D eigenvalue weighted by Gasteiger charge is -2.41. The van der Waals surface area contributed by atoms with Crippen LogP contribution in [0.25, 0.3) is 0 Å². The van der Waals surface area contributed by atoms with Gasteiger partial charge >= 0.3 is 0 Å². The van der Waals surface area contributed by atoms with E-state index in [9.17, 15) is 4.79 Å². The number of hydrogen-bond donors (Lipinski definition) is 0. The highest BCUT2D eigenvalue weighted by Gasteiger charge is 2.31. The maximum absolute atomic E-state index is 12.2. The zero-order valence-corrected chi connectivity index (χ0v) is 12.6. The molecule has 1 aliphatic heterocycles. The molecule has 1 aliphatic rings. The van der Waals surface area contributed by atoms with Crippen LogP contribution < -0.4 is 0 Å². The SMILES string of the molecule is C[N+]1(C)CCCCC1CCC(=O)c1ccc(Cl)cc1. The maximum Gasteiger partial charge on any atom is 0.163 e.